The van der Waals surface area contributed by atoms with E-state index in [4.69, 9.17) is 4.98 Å². The van der Waals surface area contributed by atoms with Crippen molar-refractivity contribution in [2.24, 2.45) is 0 Å². The molecule has 0 aliphatic carbocycles. The summed E-state index contributed by atoms with van der Waals surface area (Å²) in [5.74, 6) is 0.421. The predicted octanol–water partition coefficient (Wildman–Crippen LogP) is 4.07. The van der Waals surface area contributed by atoms with Crippen molar-refractivity contribution < 1.29 is 9.18 Å². The molecule has 7 heteroatoms. The van der Waals surface area contributed by atoms with Crippen LogP contribution in [0, 0.1) is 12.7 Å². The second-order valence-electron chi connectivity index (χ2n) is 8.19. The lowest BCUT2D eigenvalue weighted by Crippen LogP contribution is -2.39. The van der Waals surface area contributed by atoms with Crippen molar-refractivity contribution in [3.8, 4) is 11.1 Å². The van der Waals surface area contributed by atoms with Gasteiger partial charge in [-0.2, -0.15) is 0 Å². The van der Waals surface area contributed by atoms with Gasteiger partial charge in [0, 0.05) is 56.9 Å². The second-order valence-corrected chi connectivity index (χ2v) is 8.19. The summed E-state index contributed by atoms with van der Waals surface area (Å²) in [6.45, 7) is 3.28. The molecule has 0 N–H and O–H groups in total. The van der Waals surface area contributed by atoms with E-state index in [-0.39, 0.29) is 17.6 Å². The van der Waals surface area contributed by atoms with Crippen LogP contribution in [0.4, 0.5) is 10.3 Å². The van der Waals surface area contributed by atoms with Gasteiger partial charge in [-0.1, -0.05) is 12.1 Å². The number of hydrogen-bond donors (Lipinski definition) is 0. The third-order valence-electron chi connectivity index (χ3n) is 5.56. The summed E-state index contributed by atoms with van der Waals surface area (Å²) in [5.41, 5.74) is 4.34. The lowest BCUT2D eigenvalue weighted by atomic mass is 9.92. The number of aryl methyl sites for hydroxylation is 1. The molecule has 0 spiro atoms. The number of aromatic nitrogens is 3. The predicted molar refractivity (Wildman–Crippen MR) is 119 cm³/mol. The molecular formula is C24H26FN5O. The Morgan fingerprint density at radius 3 is 2.48 bits per heavy atom. The number of hydrogen-bond acceptors (Lipinski definition) is 5. The fourth-order valence-corrected chi connectivity index (χ4v) is 3.96. The first kappa shape index (κ1) is 20.9. The van der Waals surface area contributed by atoms with Crippen molar-refractivity contribution in [3.05, 3.63) is 71.6 Å². The molecule has 1 aromatic carbocycles. The van der Waals surface area contributed by atoms with Gasteiger partial charge in [0.2, 0.25) is 5.95 Å². The SMILES string of the molecule is Cc1cc(-c2ccc(F)cc2)cc([C@@H]2CCCN(C(=O)c3cnc(N(C)C)nc3)C2)n1. The number of benzene rings is 1. The molecule has 0 saturated carbocycles. The first-order chi connectivity index (χ1) is 14.9. The van der Waals surface area contributed by atoms with Crippen LogP contribution in [0.2, 0.25) is 0 Å². The normalized spacial score (nSPS) is 16.3. The highest BCUT2D eigenvalue weighted by Crippen LogP contribution is 2.30. The van der Waals surface area contributed by atoms with Crippen LogP contribution < -0.4 is 4.90 Å². The van der Waals surface area contributed by atoms with Crippen molar-refractivity contribution in [2.75, 3.05) is 32.1 Å². The van der Waals surface area contributed by atoms with Crippen LogP contribution in [0.15, 0.2) is 48.8 Å². The summed E-state index contributed by atoms with van der Waals surface area (Å²) in [6, 6.07) is 10.6. The van der Waals surface area contributed by atoms with Gasteiger partial charge in [0.25, 0.3) is 5.91 Å². The Bertz CT molecular complexity index is 1070. The van der Waals surface area contributed by atoms with Gasteiger partial charge in [-0.3, -0.25) is 9.78 Å². The van der Waals surface area contributed by atoms with Crippen molar-refractivity contribution in [2.45, 2.75) is 25.7 Å². The fraction of sp³-hybridized carbons (Fsp3) is 0.333. The Labute approximate surface area is 181 Å². The van der Waals surface area contributed by atoms with Crippen LogP contribution in [-0.2, 0) is 0 Å². The van der Waals surface area contributed by atoms with Crippen LogP contribution in [0.5, 0.6) is 0 Å². The zero-order valence-electron chi connectivity index (χ0n) is 18.0. The topological polar surface area (TPSA) is 62.2 Å². The zero-order chi connectivity index (χ0) is 22.0. The highest BCUT2D eigenvalue weighted by Gasteiger charge is 2.27. The summed E-state index contributed by atoms with van der Waals surface area (Å²) >= 11 is 0. The Morgan fingerprint density at radius 2 is 1.81 bits per heavy atom. The number of amides is 1. The van der Waals surface area contributed by atoms with E-state index in [2.05, 4.69) is 16.0 Å². The van der Waals surface area contributed by atoms with Crippen LogP contribution in [-0.4, -0.2) is 52.9 Å². The maximum Gasteiger partial charge on any atom is 0.257 e. The third kappa shape index (κ3) is 4.71. The second kappa shape index (κ2) is 8.79. The number of carbonyl (C=O) groups is 1. The van der Waals surface area contributed by atoms with Crippen LogP contribution in [0.1, 0.15) is 40.5 Å². The van der Waals surface area contributed by atoms with E-state index in [1.165, 1.54) is 12.1 Å². The van der Waals surface area contributed by atoms with Gasteiger partial charge in [-0.05, 0) is 55.2 Å². The molecule has 0 bridgehead atoms. The van der Waals surface area contributed by atoms with Crippen LogP contribution >= 0.6 is 0 Å². The van der Waals surface area contributed by atoms with E-state index >= 15 is 0 Å². The smallest absolute Gasteiger partial charge is 0.257 e. The minimum atomic E-state index is -0.251. The zero-order valence-corrected chi connectivity index (χ0v) is 18.0. The molecule has 1 aliphatic heterocycles. The molecule has 1 fully saturated rings. The number of pyridine rings is 1. The fourth-order valence-electron chi connectivity index (χ4n) is 3.96. The largest absolute Gasteiger partial charge is 0.347 e. The van der Waals surface area contributed by atoms with Crippen molar-refractivity contribution in [3.63, 3.8) is 0 Å². The monoisotopic (exact) mass is 419 g/mol. The first-order valence-corrected chi connectivity index (χ1v) is 10.4. The molecule has 1 atom stereocenters. The number of likely N-dealkylation sites (tertiary alicyclic amines) is 1. The van der Waals surface area contributed by atoms with E-state index in [1.54, 1.807) is 29.4 Å². The molecule has 1 saturated heterocycles. The van der Waals surface area contributed by atoms with E-state index in [0.29, 0.717) is 24.6 Å². The van der Waals surface area contributed by atoms with Crippen LogP contribution in [0.3, 0.4) is 0 Å². The Kier molecular flexibility index (Phi) is 5.93. The lowest BCUT2D eigenvalue weighted by Gasteiger charge is -2.32. The molecule has 0 radical (unpaired) electrons. The summed E-state index contributed by atoms with van der Waals surface area (Å²) < 4.78 is 13.3. The number of rotatable bonds is 4. The molecule has 0 unspecified atom stereocenters. The lowest BCUT2D eigenvalue weighted by molar-refractivity contribution is 0.0705. The molecule has 3 aromatic rings. The molecule has 1 amide bonds. The van der Waals surface area contributed by atoms with Crippen molar-refractivity contribution in [1.82, 2.24) is 19.9 Å². The maximum absolute atomic E-state index is 13.3. The quantitative estimate of drug-likeness (QED) is 0.638. The molecule has 3 heterocycles. The molecular weight excluding hydrogens is 393 g/mol. The number of carbonyl (C=O) groups excluding carboxylic acids is 1. The Morgan fingerprint density at radius 1 is 1.10 bits per heavy atom. The number of nitrogens with zero attached hydrogens (tertiary/aromatic N) is 5. The maximum atomic E-state index is 13.3. The molecule has 2 aromatic heterocycles. The van der Waals surface area contributed by atoms with Gasteiger partial charge < -0.3 is 9.80 Å². The molecule has 31 heavy (non-hydrogen) atoms. The average Bonchev–Trinajstić information content (AvgIpc) is 2.79. The van der Waals surface area contributed by atoms with E-state index < -0.39 is 0 Å². The highest BCUT2D eigenvalue weighted by molar-refractivity contribution is 5.93. The highest BCUT2D eigenvalue weighted by atomic mass is 19.1. The van der Waals surface area contributed by atoms with Gasteiger partial charge in [0.05, 0.1) is 5.56 Å². The molecule has 6 nitrogen and oxygen atoms in total. The third-order valence-corrected chi connectivity index (χ3v) is 5.56. The van der Waals surface area contributed by atoms with Gasteiger partial charge in [-0.15, -0.1) is 0 Å². The minimum Gasteiger partial charge on any atom is -0.347 e. The van der Waals surface area contributed by atoms with E-state index in [1.807, 2.05) is 32.0 Å². The molecule has 160 valence electrons. The number of piperidine rings is 1. The van der Waals surface area contributed by atoms with Crippen LogP contribution in [0.25, 0.3) is 11.1 Å². The summed E-state index contributed by atoms with van der Waals surface area (Å²) in [7, 11) is 3.72. The number of anilines is 1. The summed E-state index contributed by atoms with van der Waals surface area (Å²) in [6.07, 6.45) is 5.06. The summed E-state index contributed by atoms with van der Waals surface area (Å²) in [4.78, 5) is 30.0. The van der Waals surface area contributed by atoms with Crippen molar-refractivity contribution in [1.29, 1.82) is 0 Å². The molecule has 4 rings (SSSR count). The number of halogens is 1. The molecule has 1 aliphatic rings. The van der Waals surface area contributed by atoms with Gasteiger partial charge in [-0.25, -0.2) is 14.4 Å². The van der Waals surface area contributed by atoms with Gasteiger partial charge >= 0.3 is 0 Å². The standard InChI is InChI=1S/C24H26FN5O/c1-16-11-19(17-6-8-21(25)9-7-17)12-22(28-16)18-5-4-10-30(15-18)23(31)20-13-26-24(27-14-20)29(2)3/h6-9,11-14,18H,4-5,10,15H2,1-3H3/t18-/m1/s1. The van der Waals surface area contributed by atoms with E-state index in [9.17, 15) is 9.18 Å². The summed E-state index contributed by atoms with van der Waals surface area (Å²) in [5, 5.41) is 0. The van der Waals surface area contributed by atoms with Gasteiger partial charge in [0.1, 0.15) is 5.82 Å². The Balaban J connectivity index is 1.54. The van der Waals surface area contributed by atoms with E-state index in [0.717, 1.165) is 35.4 Å². The average molecular weight is 420 g/mol. The van der Waals surface area contributed by atoms with Crippen molar-refractivity contribution >= 4 is 11.9 Å². The minimum absolute atomic E-state index is 0.0542. The first-order valence-electron chi connectivity index (χ1n) is 10.4. The Hall–Kier alpha value is -3.35. The van der Waals surface area contributed by atoms with Gasteiger partial charge in [0.15, 0.2) is 0 Å².